The van der Waals surface area contributed by atoms with E-state index in [2.05, 4.69) is 11.9 Å². The molecule has 0 saturated heterocycles. The Morgan fingerprint density at radius 1 is 1.48 bits per heavy atom. The van der Waals surface area contributed by atoms with Crippen molar-refractivity contribution in [3.05, 3.63) is 21.9 Å². The Bertz CT molecular complexity index is 562. The van der Waals surface area contributed by atoms with Gasteiger partial charge in [-0.15, -0.1) is 11.3 Å². The summed E-state index contributed by atoms with van der Waals surface area (Å²) < 4.78 is 0. The number of aliphatic imine (C=N–C) groups is 1. The van der Waals surface area contributed by atoms with Gasteiger partial charge in [-0.2, -0.15) is 0 Å². The van der Waals surface area contributed by atoms with Gasteiger partial charge < -0.3 is 16.4 Å². The number of carbonyl (C=O) groups excluding carboxylic acids is 1. The third kappa shape index (κ3) is 3.92. The lowest BCUT2D eigenvalue weighted by atomic mass is 10.1. The van der Waals surface area contributed by atoms with E-state index in [0.717, 1.165) is 30.0 Å². The van der Waals surface area contributed by atoms with Gasteiger partial charge in [-0.1, -0.05) is 6.92 Å². The zero-order chi connectivity index (χ0) is 15.2. The first-order chi connectivity index (χ1) is 10.2. The van der Waals surface area contributed by atoms with E-state index in [0.29, 0.717) is 30.9 Å². The standard InChI is InChI=1S/C15H22N4OS/c1-2-6-19(7-3-5-16)15(20)11-9-13-12(4-8-21-13)18-14(17)10-11/h4,8-9H,2-3,5-7,10,16H2,1H3,(H2,17,18). The lowest BCUT2D eigenvalue weighted by Crippen LogP contribution is -2.35. The molecule has 0 bridgehead atoms. The summed E-state index contributed by atoms with van der Waals surface area (Å²) in [7, 11) is 0. The molecule has 0 fully saturated rings. The summed E-state index contributed by atoms with van der Waals surface area (Å²) in [5.41, 5.74) is 13.1. The second-order valence-corrected chi connectivity index (χ2v) is 6.00. The average molecular weight is 306 g/mol. The summed E-state index contributed by atoms with van der Waals surface area (Å²) in [5, 5.41) is 1.96. The number of hydrogen-bond acceptors (Lipinski definition) is 5. The molecule has 4 N–H and O–H groups in total. The van der Waals surface area contributed by atoms with Crippen LogP contribution < -0.4 is 11.5 Å². The number of rotatable bonds is 6. The summed E-state index contributed by atoms with van der Waals surface area (Å²) in [6, 6.07) is 1.93. The fourth-order valence-electron chi connectivity index (χ4n) is 2.32. The minimum absolute atomic E-state index is 0.0460. The fourth-order valence-corrected chi connectivity index (χ4v) is 3.11. The SMILES string of the molecule is CCCN(CCCN)C(=O)C1=Cc2sccc2N=C(N)C1. The van der Waals surface area contributed by atoms with Crippen LogP contribution in [0.3, 0.4) is 0 Å². The van der Waals surface area contributed by atoms with Crippen LogP contribution in [-0.4, -0.2) is 36.3 Å². The highest BCUT2D eigenvalue weighted by Crippen LogP contribution is 2.31. The van der Waals surface area contributed by atoms with E-state index in [-0.39, 0.29) is 5.91 Å². The number of hydrogen-bond donors (Lipinski definition) is 2. The fraction of sp³-hybridized carbons (Fsp3) is 0.467. The molecular formula is C15H22N4OS. The molecule has 2 rings (SSSR count). The van der Waals surface area contributed by atoms with Crippen molar-refractivity contribution in [2.75, 3.05) is 19.6 Å². The van der Waals surface area contributed by atoms with Crippen LogP contribution in [0.2, 0.25) is 0 Å². The van der Waals surface area contributed by atoms with Crippen molar-refractivity contribution in [3.63, 3.8) is 0 Å². The molecular weight excluding hydrogens is 284 g/mol. The average Bonchev–Trinajstić information content (AvgIpc) is 2.82. The smallest absolute Gasteiger partial charge is 0.250 e. The topological polar surface area (TPSA) is 84.7 Å². The molecule has 2 heterocycles. The second kappa shape index (κ2) is 7.38. The van der Waals surface area contributed by atoms with Crippen LogP contribution in [0, 0.1) is 0 Å². The van der Waals surface area contributed by atoms with Crippen LogP contribution in [0.25, 0.3) is 6.08 Å². The lowest BCUT2D eigenvalue weighted by molar-refractivity contribution is -0.127. The molecule has 0 spiro atoms. The van der Waals surface area contributed by atoms with E-state index in [1.807, 2.05) is 22.4 Å². The van der Waals surface area contributed by atoms with E-state index >= 15 is 0 Å². The van der Waals surface area contributed by atoms with Crippen LogP contribution in [0.1, 0.15) is 31.1 Å². The number of thiophene rings is 1. The van der Waals surface area contributed by atoms with E-state index < -0.39 is 0 Å². The highest BCUT2D eigenvalue weighted by Gasteiger charge is 2.21. The molecule has 6 heteroatoms. The summed E-state index contributed by atoms with van der Waals surface area (Å²) in [5.74, 6) is 0.534. The summed E-state index contributed by atoms with van der Waals surface area (Å²) in [6.45, 7) is 4.09. The minimum Gasteiger partial charge on any atom is -0.387 e. The summed E-state index contributed by atoms with van der Waals surface area (Å²) in [4.78, 5) is 20.0. The maximum absolute atomic E-state index is 12.7. The van der Waals surface area contributed by atoms with Crippen LogP contribution in [0.15, 0.2) is 22.0 Å². The number of fused-ring (bicyclic) bond motifs is 1. The Kier molecular flexibility index (Phi) is 5.52. The van der Waals surface area contributed by atoms with Crippen LogP contribution in [-0.2, 0) is 4.79 Å². The number of amidine groups is 1. The third-order valence-electron chi connectivity index (χ3n) is 3.30. The molecule has 1 aromatic rings. The summed E-state index contributed by atoms with van der Waals surface area (Å²) in [6.07, 6.45) is 4.07. The first-order valence-electron chi connectivity index (χ1n) is 7.26. The van der Waals surface area contributed by atoms with Crippen molar-refractivity contribution < 1.29 is 4.79 Å². The molecule has 5 nitrogen and oxygen atoms in total. The van der Waals surface area contributed by atoms with Gasteiger partial charge in [0.2, 0.25) is 5.91 Å². The highest BCUT2D eigenvalue weighted by atomic mass is 32.1. The van der Waals surface area contributed by atoms with Gasteiger partial charge in [0.05, 0.1) is 10.6 Å². The number of nitrogens with two attached hydrogens (primary N) is 2. The molecule has 0 saturated carbocycles. The van der Waals surface area contributed by atoms with Gasteiger partial charge in [0.15, 0.2) is 0 Å². The molecule has 0 aliphatic carbocycles. The second-order valence-electron chi connectivity index (χ2n) is 5.05. The number of carbonyl (C=O) groups is 1. The zero-order valence-electron chi connectivity index (χ0n) is 12.3. The largest absolute Gasteiger partial charge is 0.387 e. The van der Waals surface area contributed by atoms with Gasteiger partial charge in [-0.3, -0.25) is 4.79 Å². The quantitative estimate of drug-likeness (QED) is 0.844. The van der Waals surface area contributed by atoms with Crippen LogP contribution in [0.4, 0.5) is 5.69 Å². The maximum Gasteiger partial charge on any atom is 0.250 e. The first kappa shape index (κ1) is 15.7. The highest BCUT2D eigenvalue weighted by molar-refractivity contribution is 7.11. The molecule has 0 aromatic carbocycles. The van der Waals surface area contributed by atoms with E-state index in [9.17, 15) is 4.79 Å². The van der Waals surface area contributed by atoms with Crippen molar-refractivity contribution >= 4 is 34.8 Å². The Hall–Kier alpha value is -1.66. The Labute approximate surface area is 129 Å². The van der Waals surface area contributed by atoms with Gasteiger partial charge in [-0.05, 0) is 36.9 Å². The van der Waals surface area contributed by atoms with Gasteiger partial charge >= 0.3 is 0 Å². The number of amides is 1. The third-order valence-corrected chi connectivity index (χ3v) is 4.16. The number of nitrogens with zero attached hydrogens (tertiary/aromatic N) is 2. The molecule has 1 aliphatic heterocycles. The molecule has 1 amide bonds. The van der Waals surface area contributed by atoms with E-state index in [4.69, 9.17) is 11.5 Å². The van der Waals surface area contributed by atoms with E-state index in [1.165, 1.54) is 0 Å². The van der Waals surface area contributed by atoms with Gasteiger partial charge in [0.1, 0.15) is 5.84 Å². The predicted molar refractivity (Wildman–Crippen MR) is 88.7 cm³/mol. The zero-order valence-corrected chi connectivity index (χ0v) is 13.2. The molecule has 114 valence electrons. The maximum atomic E-state index is 12.7. The molecule has 1 aromatic heterocycles. The van der Waals surface area contributed by atoms with Crippen LogP contribution in [0.5, 0.6) is 0 Å². The Morgan fingerprint density at radius 3 is 3.00 bits per heavy atom. The van der Waals surface area contributed by atoms with Gasteiger partial charge in [0, 0.05) is 25.1 Å². The predicted octanol–water partition coefficient (Wildman–Crippen LogP) is 2.11. The van der Waals surface area contributed by atoms with Crippen molar-refractivity contribution in [3.8, 4) is 0 Å². The Balaban J connectivity index is 2.23. The van der Waals surface area contributed by atoms with Crippen molar-refractivity contribution in [1.82, 2.24) is 4.90 Å². The van der Waals surface area contributed by atoms with Gasteiger partial charge in [-0.25, -0.2) is 4.99 Å². The monoisotopic (exact) mass is 306 g/mol. The van der Waals surface area contributed by atoms with Crippen molar-refractivity contribution in [1.29, 1.82) is 0 Å². The molecule has 1 aliphatic rings. The normalized spacial score (nSPS) is 14.0. The molecule has 0 atom stereocenters. The molecule has 21 heavy (non-hydrogen) atoms. The van der Waals surface area contributed by atoms with Crippen molar-refractivity contribution in [2.45, 2.75) is 26.2 Å². The Morgan fingerprint density at radius 2 is 2.29 bits per heavy atom. The van der Waals surface area contributed by atoms with E-state index in [1.54, 1.807) is 11.3 Å². The van der Waals surface area contributed by atoms with Crippen molar-refractivity contribution in [2.24, 2.45) is 16.5 Å². The molecule has 0 unspecified atom stereocenters. The summed E-state index contributed by atoms with van der Waals surface area (Å²) >= 11 is 1.58. The molecule has 0 radical (unpaired) electrons. The lowest BCUT2D eigenvalue weighted by Gasteiger charge is -2.23. The van der Waals surface area contributed by atoms with Crippen LogP contribution >= 0.6 is 11.3 Å². The first-order valence-corrected chi connectivity index (χ1v) is 8.14. The van der Waals surface area contributed by atoms with Gasteiger partial charge in [0.25, 0.3) is 0 Å². The minimum atomic E-state index is 0.0460.